The maximum atomic E-state index is 4.82. The van der Waals surface area contributed by atoms with Gasteiger partial charge < -0.3 is 5.32 Å². The minimum atomic E-state index is 0.825. The standard InChI is InChI=1S/C14H15Br2N3S/c1-17-13-8-5-3-2-4-6-10(8)18-14(19-13)11-7-9(15)12(16)20-11/h7H,2-6H2,1H3,(H,17,18,19). The Morgan fingerprint density at radius 3 is 2.65 bits per heavy atom. The maximum absolute atomic E-state index is 4.82. The third-order valence-corrected chi connectivity index (χ3v) is 6.79. The molecule has 2 aromatic rings. The molecule has 2 heterocycles. The normalized spacial score (nSPS) is 14.8. The Morgan fingerprint density at radius 1 is 1.15 bits per heavy atom. The van der Waals surface area contributed by atoms with Crippen LogP contribution in [-0.4, -0.2) is 17.0 Å². The first kappa shape index (κ1) is 14.5. The van der Waals surface area contributed by atoms with Gasteiger partial charge in [-0.2, -0.15) is 0 Å². The number of nitrogens with zero attached hydrogens (tertiary/aromatic N) is 2. The maximum Gasteiger partial charge on any atom is 0.171 e. The fourth-order valence-electron chi connectivity index (χ4n) is 2.54. The highest BCUT2D eigenvalue weighted by Crippen LogP contribution is 2.38. The van der Waals surface area contributed by atoms with E-state index in [9.17, 15) is 0 Å². The number of aromatic nitrogens is 2. The Bertz CT molecular complexity index is 620. The van der Waals surface area contributed by atoms with Crippen LogP contribution in [0.5, 0.6) is 0 Å². The Hall–Kier alpha value is -0.460. The lowest BCUT2D eigenvalue weighted by Crippen LogP contribution is -2.06. The van der Waals surface area contributed by atoms with Gasteiger partial charge in [0.05, 0.1) is 8.66 Å². The van der Waals surface area contributed by atoms with Crippen molar-refractivity contribution in [3.05, 3.63) is 25.6 Å². The average Bonchev–Trinajstić information content (AvgIpc) is 2.67. The predicted octanol–water partition coefficient (Wildman–Crippen LogP) is 5.04. The molecule has 6 heteroatoms. The largest absolute Gasteiger partial charge is 0.373 e. The van der Waals surface area contributed by atoms with Gasteiger partial charge in [-0.15, -0.1) is 11.3 Å². The summed E-state index contributed by atoms with van der Waals surface area (Å²) in [7, 11) is 1.94. The number of hydrogen-bond acceptors (Lipinski definition) is 4. The fraction of sp³-hybridized carbons (Fsp3) is 0.429. The van der Waals surface area contributed by atoms with Crippen molar-refractivity contribution < 1.29 is 0 Å². The van der Waals surface area contributed by atoms with E-state index in [0.29, 0.717) is 0 Å². The van der Waals surface area contributed by atoms with Gasteiger partial charge >= 0.3 is 0 Å². The van der Waals surface area contributed by atoms with Crippen LogP contribution in [0.1, 0.15) is 30.5 Å². The van der Waals surface area contributed by atoms with Crippen molar-refractivity contribution in [2.45, 2.75) is 32.1 Å². The van der Waals surface area contributed by atoms with Gasteiger partial charge in [-0.05, 0) is 63.6 Å². The Morgan fingerprint density at radius 2 is 1.95 bits per heavy atom. The highest BCUT2D eigenvalue weighted by atomic mass is 79.9. The van der Waals surface area contributed by atoms with Crippen LogP contribution in [0.3, 0.4) is 0 Å². The second-order valence-corrected chi connectivity index (χ2v) is 8.09. The topological polar surface area (TPSA) is 37.8 Å². The molecule has 0 aromatic carbocycles. The van der Waals surface area contributed by atoms with Crippen LogP contribution in [0.25, 0.3) is 10.7 Å². The lowest BCUT2D eigenvalue weighted by molar-refractivity contribution is 0.709. The SMILES string of the molecule is CNc1nc(-c2cc(Br)c(Br)s2)nc2c1CCCCC2. The number of hydrogen-bond donors (Lipinski definition) is 1. The van der Waals surface area contributed by atoms with Crippen molar-refractivity contribution in [2.75, 3.05) is 12.4 Å². The highest BCUT2D eigenvalue weighted by molar-refractivity contribution is 9.13. The number of thiophene rings is 1. The molecule has 1 aliphatic rings. The van der Waals surface area contributed by atoms with Gasteiger partial charge in [0.15, 0.2) is 5.82 Å². The third-order valence-electron chi connectivity index (χ3n) is 3.54. The number of halogens is 2. The van der Waals surface area contributed by atoms with Crippen molar-refractivity contribution in [1.29, 1.82) is 0 Å². The van der Waals surface area contributed by atoms with E-state index in [1.165, 1.54) is 30.5 Å². The lowest BCUT2D eigenvalue weighted by Gasteiger charge is -2.12. The average molecular weight is 417 g/mol. The Kier molecular flexibility index (Phi) is 4.43. The van der Waals surface area contributed by atoms with Crippen molar-refractivity contribution in [2.24, 2.45) is 0 Å². The molecule has 20 heavy (non-hydrogen) atoms. The van der Waals surface area contributed by atoms with E-state index < -0.39 is 0 Å². The van der Waals surface area contributed by atoms with E-state index in [4.69, 9.17) is 9.97 Å². The molecule has 106 valence electrons. The summed E-state index contributed by atoms with van der Waals surface area (Å²) in [4.78, 5) is 10.6. The molecule has 0 spiro atoms. The van der Waals surface area contributed by atoms with Crippen molar-refractivity contribution in [3.63, 3.8) is 0 Å². The van der Waals surface area contributed by atoms with Gasteiger partial charge in [0.2, 0.25) is 0 Å². The summed E-state index contributed by atoms with van der Waals surface area (Å²) in [6.45, 7) is 0. The van der Waals surface area contributed by atoms with E-state index in [-0.39, 0.29) is 0 Å². The van der Waals surface area contributed by atoms with Crippen molar-refractivity contribution in [3.8, 4) is 10.7 Å². The van der Waals surface area contributed by atoms with Crippen molar-refractivity contribution in [1.82, 2.24) is 9.97 Å². The zero-order valence-electron chi connectivity index (χ0n) is 11.2. The minimum Gasteiger partial charge on any atom is -0.373 e. The highest BCUT2D eigenvalue weighted by Gasteiger charge is 2.18. The molecule has 0 bridgehead atoms. The molecule has 0 unspecified atom stereocenters. The van der Waals surface area contributed by atoms with Crippen LogP contribution < -0.4 is 5.32 Å². The molecule has 0 fully saturated rings. The van der Waals surface area contributed by atoms with Crippen LogP contribution in [0.15, 0.2) is 14.3 Å². The third kappa shape index (κ3) is 2.78. The number of nitrogens with one attached hydrogen (secondary N) is 1. The summed E-state index contributed by atoms with van der Waals surface area (Å²) in [5.74, 6) is 1.82. The van der Waals surface area contributed by atoms with Gasteiger partial charge in [0, 0.05) is 22.8 Å². The number of aryl methyl sites for hydroxylation is 1. The molecule has 0 aliphatic heterocycles. The molecule has 1 aliphatic carbocycles. The second-order valence-electron chi connectivity index (χ2n) is 4.86. The van der Waals surface area contributed by atoms with Gasteiger partial charge in [0.1, 0.15) is 5.82 Å². The first-order valence-electron chi connectivity index (χ1n) is 6.72. The Labute approximate surface area is 139 Å². The summed E-state index contributed by atoms with van der Waals surface area (Å²) in [5, 5.41) is 3.24. The molecule has 3 rings (SSSR count). The van der Waals surface area contributed by atoms with Crippen LogP contribution in [0, 0.1) is 0 Å². The summed E-state index contributed by atoms with van der Waals surface area (Å²) in [6.07, 6.45) is 5.90. The van der Waals surface area contributed by atoms with Gasteiger partial charge in [-0.3, -0.25) is 0 Å². The van der Waals surface area contributed by atoms with Gasteiger partial charge in [-0.25, -0.2) is 9.97 Å². The molecule has 2 aromatic heterocycles. The van der Waals surface area contributed by atoms with E-state index in [2.05, 4.69) is 43.2 Å². The summed E-state index contributed by atoms with van der Waals surface area (Å²) >= 11 is 8.73. The quantitative estimate of drug-likeness (QED) is 0.696. The molecule has 1 N–H and O–H groups in total. The van der Waals surface area contributed by atoms with E-state index in [0.717, 1.165) is 37.6 Å². The van der Waals surface area contributed by atoms with Crippen LogP contribution in [-0.2, 0) is 12.8 Å². The van der Waals surface area contributed by atoms with Gasteiger partial charge in [-0.1, -0.05) is 6.42 Å². The van der Waals surface area contributed by atoms with Crippen LogP contribution in [0.4, 0.5) is 5.82 Å². The molecular formula is C14H15Br2N3S. The number of rotatable bonds is 2. The zero-order valence-corrected chi connectivity index (χ0v) is 15.2. The van der Waals surface area contributed by atoms with Crippen molar-refractivity contribution >= 4 is 49.0 Å². The lowest BCUT2D eigenvalue weighted by atomic mass is 10.1. The van der Waals surface area contributed by atoms with E-state index in [1.54, 1.807) is 11.3 Å². The second kappa shape index (κ2) is 6.12. The molecular weight excluding hydrogens is 402 g/mol. The van der Waals surface area contributed by atoms with Crippen LogP contribution >= 0.6 is 43.2 Å². The molecule has 3 nitrogen and oxygen atoms in total. The fourth-order valence-corrected chi connectivity index (χ4v) is 4.51. The van der Waals surface area contributed by atoms with Crippen LogP contribution in [0.2, 0.25) is 0 Å². The first-order valence-corrected chi connectivity index (χ1v) is 9.12. The summed E-state index contributed by atoms with van der Waals surface area (Å²) < 4.78 is 2.14. The first-order chi connectivity index (χ1) is 9.69. The molecule has 0 saturated heterocycles. The summed E-state index contributed by atoms with van der Waals surface area (Å²) in [6, 6.07) is 2.08. The zero-order chi connectivity index (χ0) is 14.1. The number of fused-ring (bicyclic) bond motifs is 1. The summed E-state index contributed by atoms with van der Waals surface area (Å²) in [5.41, 5.74) is 2.53. The monoisotopic (exact) mass is 415 g/mol. The van der Waals surface area contributed by atoms with Gasteiger partial charge in [0.25, 0.3) is 0 Å². The Balaban J connectivity index is 2.10. The number of anilines is 1. The predicted molar refractivity (Wildman–Crippen MR) is 91.6 cm³/mol. The van der Waals surface area contributed by atoms with E-state index in [1.807, 2.05) is 7.05 Å². The molecule has 0 atom stereocenters. The molecule has 0 amide bonds. The molecule has 0 saturated carbocycles. The minimum absolute atomic E-state index is 0.825. The molecule has 0 radical (unpaired) electrons. The smallest absolute Gasteiger partial charge is 0.171 e. The van der Waals surface area contributed by atoms with E-state index >= 15 is 0 Å².